The average molecular weight is 867 g/mol. The molecule has 4 fully saturated rings. The number of amides is 1. The number of carbonyl (C=O) groups excluding carboxylic acids is 2. The van der Waals surface area contributed by atoms with Crippen molar-refractivity contribution in [2.24, 2.45) is 33.8 Å². The SMILES string of the molecule is CC[C@@H]1OC(=O)[C@H](C)[C@H]2OCC(=NOCc3nnc(-c4ccc(C)cc4)o3)CO[C@](C)(C[C@@H](C)C3=NCCN4C(=O)O[C@@]1(C)[C@H]4[C@H]3C)[C@@H](O[C@H]1O[C@@H](C)C[C@@H](N(C)C)[C@@H]1O)[C@@H]2C. The molecule has 0 saturated carbocycles. The number of carbonyl (C=O) groups is 2. The third kappa shape index (κ3) is 9.16. The fraction of sp³-hybridized carbons (Fsp3) is 0.733. The monoisotopic (exact) mass is 866 g/mol. The number of aliphatic hydroxyl groups excluding tert-OH is 1. The maximum Gasteiger partial charge on any atom is 0.410 e. The molecule has 17 heteroatoms. The summed E-state index contributed by atoms with van der Waals surface area (Å²) in [6.07, 6.45) is -3.63. The summed E-state index contributed by atoms with van der Waals surface area (Å²) in [4.78, 5) is 42.8. The van der Waals surface area contributed by atoms with E-state index < -0.39 is 71.8 Å². The van der Waals surface area contributed by atoms with Gasteiger partial charge >= 0.3 is 12.1 Å². The first-order valence-electron chi connectivity index (χ1n) is 22.2. The number of aromatic nitrogens is 2. The predicted molar refractivity (Wildman–Crippen MR) is 227 cm³/mol. The summed E-state index contributed by atoms with van der Waals surface area (Å²) in [5, 5.41) is 24.6. The lowest BCUT2D eigenvalue weighted by Crippen LogP contribution is -2.60. The number of ether oxygens (including phenoxy) is 6. The Morgan fingerprint density at radius 3 is 2.48 bits per heavy atom. The number of hydrogen-bond donors (Lipinski definition) is 1. The van der Waals surface area contributed by atoms with Crippen molar-refractivity contribution >= 4 is 23.5 Å². The van der Waals surface area contributed by atoms with Gasteiger partial charge in [0.2, 0.25) is 5.89 Å². The molecule has 2 aromatic rings. The van der Waals surface area contributed by atoms with E-state index in [9.17, 15) is 14.7 Å². The number of fused-ring (bicyclic) bond motifs is 4. The van der Waals surface area contributed by atoms with Crippen molar-refractivity contribution in [3.63, 3.8) is 0 Å². The Balaban J connectivity index is 1.27. The lowest BCUT2D eigenvalue weighted by atomic mass is 9.72. The first kappa shape index (κ1) is 46.0. The van der Waals surface area contributed by atoms with Crippen molar-refractivity contribution < 1.29 is 52.4 Å². The van der Waals surface area contributed by atoms with Crippen LogP contribution in [0, 0.1) is 30.6 Å². The molecule has 342 valence electrons. The van der Waals surface area contributed by atoms with Crippen molar-refractivity contribution in [2.45, 2.75) is 148 Å². The maximum absolute atomic E-state index is 14.6. The predicted octanol–water partition coefficient (Wildman–Crippen LogP) is 5.21. The third-order valence-electron chi connectivity index (χ3n) is 13.7. The number of hydrogen-bond acceptors (Lipinski definition) is 16. The summed E-state index contributed by atoms with van der Waals surface area (Å²) < 4.78 is 45.7. The van der Waals surface area contributed by atoms with Crippen LogP contribution in [0.25, 0.3) is 11.5 Å². The molecular weight excluding hydrogens is 801 g/mol. The summed E-state index contributed by atoms with van der Waals surface area (Å²) in [6, 6.07) is 7.09. The van der Waals surface area contributed by atoms with E-state index in [1.807, 2.05) is 84.8 Å². The molecule has 1 aromatic heterocycles. The Kier molecular flexibility index (Phi) is 13.8. The van der Waals surface area contributed by atoms with Gasteiger partial charge < -0.3 is 47.7 Å². The van der Waals surface area contributed by atoms with E-state index in [0.717, 1.165) is 16.8 Å². The Bertz CT molecular complexity index is 1960. The van der Waals surface area contributed by atoms with Gasteiger partial charge in [0.05, 0.1) is 55.6 Å². The van der Waals surface area contributed by atoms with Crippen LogP contribution in [-0.2, 0) is 44.7 Å². The van der Waals surface area contributed by atoms with Gasteiger partial charge in [0, 0.05) is 35.7 Å². The fourth-order valence-electron chi connectivity index (χ4n) is 10.5. The zero-order valence-corrected chi connectivity index (χ0v) is 38.1. The highest BCUT2D eigenvalue weighted by atomic mass is 16.7. The van der Waals surface area contributed by atoms with Gasteiger partial charge in [0.15, 0.2) is 18.5 Å². The smallest absolute Gasteiger partial charge is 0.410 e. The average Bonchev–Trinajstić information content (AvgIpc) is 3.75. The lowest BCUT2D eigenvalue weighted by Gasteiger charge is -2.48. The number of benzene rings is 1. The molecule has 4 saturated heterocycles. The summed E-state index contributed by atoms with van der Waals surface area (Å²) in [5.41, 5.74) is 0.933. The second-order valence-electron chi connectivity index (χ2n) is 18.7. The van der Waals surface area contributed by atoms with Crippen LogP contribution in [-0.4, -0.2) is 149 Å². The summed E-state index contributed by atoms with van der Waals surface area (Å²) in [5.74, 6) is -1.77. The largest absolute Gasteiger partial charge is 0.458 e. The van der Waals surface area contributed by atoms with Gasteiger partial charge in [-0.15, -0.1) is 10.2 Å². The molecule has 7 rings (SSSR count). The zero-order valence-electron chi connectivity index (χ0n) is 38.1. The van der Waals surface area contributed by atoms with E-state index in [2.05, 4.69) is 29.2 Å². The number of aryl methyl sites for hydroxylation is 1. The molecule has 1 N–H and O–H groups in total. The van der Waals surface area contributed by atoms with E-state index in [1.165, 1.54) is 0 Å². The van der Waals surface area contributed by atoms with Crippen molar-refractivity contribution in [3.8, 4) is 11.5 Å². The zero-order chi connectivity index (χ0) is 44.7. The number of rotatable bonds is 8. The first-order valence-corrected chi connectivity index (χ1v) is 22.2. The van der Waals surface area contributed by atoms with Crippen molar-refractivity contribution in [1.82, 2.24) is 20.0 Å². The fourth-order valence-corrected chi connectivity index (χ4v) is 10.5. The molecule has 0 unspecified atom stereocenters. The van der Waals surface area contributed by atoms with Crippen LogP contribution in [0.3, 0.4) is 0 Å². The van der Waals surface area contributed by atoms with Gasteiger partial charge in [-0.3, -0.25) is 14.7 Å². The number of likely N-dealkylation sites (N-methyl/N-ethyl adjacent to an activating group) is 1. The van der Waals surface area contributed by atoms with Crippen molar-refractivity contribution in [3.05, 3.63) is 35.7 Å². The number of aliphatic imine (C=N–C) groups is 1. The Morgan fingerprint density at radius 1 is 1.03 bits per heavy atom. The highest BCUT2D eigenvalue weighted by molar-refractivity contribution is 5.91. The molecule has 17 nitrogen and oxygen atoms in total. The number of nitrogens with zero attached hydrogens (tertiary/aromatic N) is 6. The molecule has 0 radical (unpaired) electrons. The van der Waals surface area contributed by atoms with Crippen molar-refractivity contribution in [2.75, 3.05) is 40.4 Å². The van der Waals surface area contributed by atoms with Gasteiger partial charge in [0.25, 0.3) is 5.89 Å². The van der Waals surface area contributed by atoms with E-state index in [1.54, 1.807) is 11.8 Å². The van der Waals surface area contributed by atoms with Crippen LogP contribution in [0.5, 0.6) is 0 Å². The summed E-state index contributed by atoms with van der Waals surface area (Å²) in [6.45, 7) is 18.3. The normalized spacial score (nSPS) is 39.0. The molecule has 14 atom stereocenters. The Hall–Kier alpha value is -4.00. The molecule has 5 aliphatic heterocycles. The van der Waals surface area contributed by atoms with E-state index in [4.69, 9.17) is 42.7 Å². The maximum atomic E-state index is 14.6. The van der Waals surface area contributed by atoms with E-state index in [0.29, 0.717) is 44.0 Å². The topological polar surface area (TPSA) is 189 Å². The van der Waals surface area contributed by atoms with Gasteiger partial charge in [0.1, 0.15) is 17.9 Å². The highest BCUT2D eigenvalue weighted by Crippen LogP contribution is 2.45. The van der Waals surface area contributed by atoms with Crippen LogP contribution < -0.4 is 0 Å². The molecule has 1 amide bonds. The third-order valence-corrected chi connectivity index (χ3v) is 13.7. The van der Waals surface area contributed by atoms with Crippen LogP contribution >= 0.6 is 0 Å². The number of oxime groups is 1. The van der Waals surface area contributed by atoms with E-state index >= 15 is 0 Å². The second-order valence-corrected chi connectivity index (χ2v) is 18.7. The van der Waals surface area contributed by atoms with E-state index in [-0.39, 0.29) is 49.7 Å². The molecular formula is C45H66N6O11. The number of aliphatic hydroxyl groups is 1. The standard InChI is InChI=1S/C45H66N6O11/c1-12-33-45(9)38-27(5)35(46-17-18-51(38)43(54)62-45)25(3)20-44(8)39(61-42-36(52)32(50(10)11)19-26(4)58-42)28(6)37(29(7)41(53)59-33)55-21-31(22-56-44)49-57-23-34-47-48-40(60-34)30-15-13-24(2)14-16-30/h13-16,25-29,32-33,36-39,42,52H,12,17-23H2,1-11H3/t25-,26+,27+,28-,29-,32-,33+,36+,37+,38-,39+,42-,44-,45-/m1/s1. The quantitative estimate of drug-likeness (QED) is 0.269. The molecule has 6 heterocycles. The number of esters is 1. The number of cyclic esters (lactones) is 1. The molecule has 1 aromatic carbocycles. The van der Waals surface area contributed by atoms with Gasteiger partial charge in [-0.25, -0.2) is 4.79 Å². The summed E-state index contributed by atoms with van der Waals surface area (Å²) >= 11 is 0. The van der Waals surface area contributed by atoms with Crippen molar-refractivity contribution in [1.29, 1.82) is 0 Å². The van der Waals surface area contributed by atoms with Gasteiger partial charge in [-0.2, -0.15) is 0 Å². The van der Waals surface area contributed by atoms with Gasteiger partial charge in [-0.1, -0.05) is 50.5 Å². The van der Waals surface area contributed by atoms with Crippen LogP contribution in [0.15, 0.2) is 38.8 Å². The Morgan fingerprint density at radius 2 is 1.77 bits per heavy atom. The highest BCUT2D eigenvalue weighted by Gasteiger charge is 2.60. The molecule has 62 heavy (non-hydrogen) atoms. The molecule has 5 aliphatic rings. The lowest BCUT2D eigenvalue weighted by molar-refractivity contribution is -0.302. The summed E-state index contributed by atoms with van der Waals surface area (Å²) in [7, 11) is 3.86. The van der Waals surface area contributed by atoms with Crippen LogP contribution in [0.4, 0.5) is 4.79 Å². The molecule has 4 bridgehead atoms. The van der Waals surface area contributed by atoms with Crippen LogP contribution in [0.2, 0.25) is 0 Å². The minimum Gasteiger partial charge on any atom is -0.458 e. The van der Waals surface area contributed by atoms with Crippen LogP contribution in [0.1, 0.15) is 86.1 Å². The minimum atomic E-state index is -1.15. The van der Waals surface area contributed by atoms with Gasteiger partial charge in [-0.05, 0) is 86.0 Å². The molecule has 0 spiro atoms. The first-order chi connectivity index (χ1) is 29.4. The second kappa shape index (κ2) is 18.6. The Labute approximate surface area is 364 Å². The minimum absolute atomic E-state index is 0.0264. The molecule has 0 aliphatic carbocycles.